The molecule has 0 atom stereocenters. The van der Waals surface area contributed by atoms with E-state index in [4.69, 9.17) is 9.72 Å². The van der Waals surface area contributed by atoms with E-state index in [0.717, 1.165) is 72.6 Å². The van der Waals surface area contributed by atoms with Gasteiger partial charge in [-0.25, -0.2) is 4.98 Å². The molecule has 0 spiro atoms. The third-order valence-corrected chi connectivity index (χ3v) is 12.5. The van der Waals surface area contributed by atoms with Crippen molar-refractivity contribution in [3.8, 4) is 39.6 Å². The molecule has 63 heavy (non-hydrogen) atoms. The summed E-state index contributed by atoms with van der Waals surface area (Å²) in [5, 5.41) is 2.23. The van der Waals surface area contributed by atoms with Crippen molar-refractivity contribution < 1.29 is 25.8 Å². The monoisotopic (exact) mass is 988 g/mol. The first kappa shape index (κ1) is 38.8. The van der Waals surface area contributed by atoms with Crippen LogP contribution in [-0.4, -0.2) is 16.3 Å². The van der Waals surface area contributed by atoms with Crippen molar-refractivity contribution in [3.63, 3.8) is 0 Å². The Labute approximate surface area is 382 Å². The molecule has 8 aromatic carbocycles. The summed E-state index contributed by atoms with van der Waals surface area (Å²) in [5.41, 5.74) is 17.2. The number of hydrogen-bond donors (Lipinski definition) is 0. The molecule has 5 nitrogen and oxygen atoms in total. The van der Waals surface area contributed by atoms with Gasteiger partial charge in [-0.05, 0) is 54.6 Å². The molecule has 0 bridgehead atoms. The number of pyridine rings is 1. The Balaban J connectivity index is 0.00000444. The van der Waals surface area contributed by atoms with Crippen LogP contribution in [0.25, 0.3) is 49.9 Å². The first-order valence-electron chi connectivity index (χ1n) is 21.1. The Hall–Kier alpha value is -7.14. The number of ether oxygens (including phenoxy) is 1. The van der Waals surface area contributed by atoms with Crippen molar-refractivity contribution in [1.82, 2.24) is 9.55 Å². The predicted octanol–water partition coefficient (Wildman–Crippen LogP) is 11.8. The molecule has 0 unspecified atom stereocenters. The van der Waals surface area contributed by atoms with Crippen LogP contribution in [0.1, 0.15) is 11.1 Å². The molecule has 0 saturated heterocycles. The van der Waals surface area contributed by atoms with E-state index in [1.807, 2.05) is 30.5 Å². The van der Waals surface area contributed by atoms with E-state index < -0.39 is 0 Å². The topological polar surface area (TPSA) is 33.5 Å². The van der Waals surface area contributed by atoms with Crippen LogP contribution >= 0.6 is 0 Å². The number of para-hydroxylation sites is 3. The Morgan fingerprint density at radius 1 is 0.540 bits per heavy atom. The van der Waals surface area contributed by atoms with Crippen molar-refractivity contribution in [1.29, 1.82) is 0 Å². The number of fused-ring (bicyclic) bond motifs is 5. The number of aryl methyl sites for hydroxylation is 2. The number of hydrogen-bond acceptors (Lipinski definition) is 4. The summed E-state index contributed by atoms with van der Waals surface area (Å²) >= 11 is 0. The maximum absolute atomic E-state index is 6.79. The third kappa shape index (κ3) is 6.31. The smallest absolute Gasteiger partial charge is 0.181 e. The summed E-state index contributed by atoms with van der Waals surface area (Å²) in [6.45, 7) is 6.70. The number of aromatic nitrogens is 2. The molecular formula is C56H38BN4OPt-3. The van der Waals surface area contributed by atoms with Gasteiger partial charge in [0.05, 0.1) is 0 Å². The Morgan fingerprint density at radius 2 is 1.19 bits per heavy atom. The molecule has 0 amide bonds. The second kappa shape index (κ2) is 15.6. The molecule has 12 rings (SSSR count). The molecular weight excluding hydrogens is 951 g/mol. The Kier molecular flexibility index (Phi) is 9.63. The summed E-state index contributed by atoms with van der Waals surface area (Å²) in [4.78, 5) is 9.45. The first-order chi connectivity index (χ1) is 30.6. The zero-order valence-corrected chi connectivity index (χ0v) is 36.8. The number of rotatable bonds is 7. The van der Waals surface area contributed by atoms with E-state index >= 15 is 0 Å². The largest absolute Gasteiger partial charge is 0.509 e. The van der Waals surface area contributed by atoms with Gasteiger partial charge in [0, 0.05) is 72.5 Å². The molecule has 0 aliphatic carbocycles. The van der Waals surface area contributed by atoms with Crippen LogP contribution in [0.2, 0.25) is 0 Å². The number of anilines is 4. The van der Waals surface area contributed by atoms with Gasteiger partial charge in [-0.15, -0.1) is 47.5 Å². The summed E-state index contributed by atoms with van der Waals surface area (Å²) in [7, 11) is 0. The van der Waals surface area contributed by atoms with Crippen LogP contribution in [0.3, 0.4) is 0 Å². The minimum Gasteiger partial charge on any atom is -0.509 e. The van der Waals surface area contributed by atoms with Crippen molar-refractivity contribution >= 4 is 67.7 Å². The van der Waals surface area contributed by atoms with Gasteiger partial charge in [0.2, 0.25) is 0 Å². The van der Waals surface area contributed by atoms with Gasteiger partial charge in [-0.2, -0.15) is 12.1 Å². The molecule has 0 radical (unpaired) electrons. The summed E-state index contributed by atoms with van der Waals surface area (Å²) in [6.07, 6.45) is 1.83. The van der Waals surface area contributed by atoms with Crippen LogP contribution in [0.15, 0.2) is 188 Å². The van der Waals surface area contributed by atoms with E-state index in [1.54, 1.807) is 0 Å². The zero-order valence-electron chi connectivity index (χ0n) is 34.6. The Bertz CT molecular complexity index is 3280. The first-order valence-corrected chi connectivity index (χ1v) is 21.1. The summed E-state index contributed by atoms with van der Waals surface area (Å²) < 4.78 is 8.95. The van der Waals surface area contributed by atoms with E-state index in [0.29, 0.717) is 11.5 Å². The average molecular weight is 989 g/mol. The van der Waals surface area contributed by atoms with Crippen LogP contribution in [0.4, 0.5) is 22.7 Å². The molecule has 304 valence electrons. The number of benzene rings is 8. The van der Waals surface area contributed by atoms with E-state index in [-0.39, 0.29) is 27.8 Å². The van der Waals surface area contributed by atoms with Gasteiger partial charge < -0.3 is 19.1 Å². The minimum atomic E-state index is -0.0222. The van der Waals surface area contributed by atoms with Gasteiger partial charge >= 0.3 is 0 Å². The summed E-state index contributed by atoms with van der Waals surface area (Å²) in [6, 6.07) is 71.7. The van der Waals surface area contributed by atoms with Crippen molar-refractivity contribution in [2.45, 2.75) is 13.8 Å². The van der Waals surface area contributed by atoms with Crippen LogP contribution in [0.5, 0.6) is 11.5 Å². The van der Waals surface area contributed by atoms with Crippen LogP contribution in [0, 0.1) is 32.6 Å². The molecule has 2 aliphatic heterocycles. The fourth-order valence-electron chi connectivity index (χ4n) is 9.83. The maximum atomic E-state index is 6.79. The molecule has 0 fully saturated rings. The quantitative estimate of drug-likeness (QED) is 0.118. The van der Waals surface area contributed by atoms with Crippen LogP contribution in [-0.2, 0) is 21.1 Å². The van der Waals surface area contributed by atoms with Crippen LogP contribution < -0.4 is 30.9 Å². The molecule has 4 heterocycles. The van der Waals surface area contributed by atoms with Gasteiger partial charge in [0.1, 0.15) is 5.82 Å². The van der Waals surface area contributed by atoms with Crippen molar-refractivity contribution in [2.75, 3.05) is 9.80 Å². The third-order valence-electron chi connectivity index (χ3n) is 12.5. The minimum absolute atomic E-state index is 0. The van der Waals surface area contributed by atoms with Gasteiger partial charge in [0.15, 0.2) is 6.71 Å². The Morgan fingerprint density at radius 3 is 1.92 bits per heavy atom. The second-order valence-corrected chi connectivity index (χ2v) is 16.1. The fourth-order valence-corrected chi connectivity index (χ4v) is 9.83. The zero-order chi connectivity index (χ0) is 41.3. The molecule has 2 aliphatic rings. The van der Waals surface area contributed by atoms with Crippen molar-refractivity contribution in [3.05, 3.63) is 218 Å². The SMILES string of the molecule is Cc1cccc(C)c1B1c2ccc(Oc3[c-]c4c(cc3)c3ccccc3n4-c3ccccn3)[c-]c2N2[CH-]N(c3c(-c4ccccc4)cccc3-c3ccccc3)c3cccc1c32.[Pt]. The molecule has 0 saturated carbocycles. The maximum Gasteiger partial charge on any atom is 0.181 e. The number of nitrogens with zero attached hydrogens (tertiary/aromatic N) is 4. The van der Waals surface area contributed by atoms with E-state index in [9.17, 15) is 0 Å². The fraction of sp³-hybridized carbons (Fsp3) is 0.0357. The normalized spacial score (nSPS) is 12.6. The standard InChI is InChI=1S/C56H38BN4O.Pt/c1-37-16-13-17-38(2)54(37)57-47-32-30-42(62-41-29-31-46-45-22-9-10-26-49(45)61(51(46)34-41)53-28-11-12-33-58-53)35-52(47)60-36-59(50-27-15-25-48(57)56(50)60)55-43(39-18-5-3-6-19-39)23-14-24-44(55)40-20-7-4-8-21-40;/h3-33,36H,1-2H3;/q-3;. The molecule has 0 N–H and O–H groups in total. The average Bonchev–Trinajstić information content (AvgIpc) is 3.87. The predicted molar refractivity (Wildman–Crippen MR) is 256 cm³/mol. The van der Waals surface area contributed by atoms with Gasteiger partial charge in [-0.1, -0.05) is 161 Å². The van der Waals surface area contributed by atoms with E-state index in [1.165, 1.54) is 27.5 Å². The van der Waals surface area contributed by atoms with Gasteiger partial charge in [-0.3, -0.25) is 0 Å². The summed E-state index contributed by atoms with van der Waals surface area (Å²) in [5.74, 6) is 2.05. The van der Waals surface area contributed by atoms with Crippen molar-refractivity contribution in [2.24, 2.45) is 0 Å². The van der Waals surface area contributed by atoms with Gasteiger partial charge in [0.25, 0.3) is 0 Å². The van der Waals surface area contributed by atoms with E-state index in [2.05, 4.69) is 205 Å². The molecule has 7 heteroatoms. The second-order valence-electron chi connectivity index (χ2n) is 16.1. The molecule has 2 aromatic heterocycles. The molecule has 10 aromatic rings.